The minimum Gasteiger partial charge on any atom is -0.325 e. The van der Waals surface area contributed by atoms with Crippen molar-refractivity contribution in [3.05, 3.63) is 65.5 Å². The number of anilines is 1. The summed E-state index contributed by atoms with van der Waals surface area (Å²) in [6.07, 6.45) is 2.47. The third kappa shape index (κ3) is 5.17. The molecular weight excluding hydrogens is 406 g/mol. The van der Waals surface area contributed by atoms with E-state index >= 15 is 0 Å². The Hall–Kier alpha value is -2.64. The number of aryl methyl sites for hydroxylation is 2. The van der Waals surface area contributed by atoms with Crippen molar-refractivity contribution in [2.75, 3.05) is 18.4 Å². The minimum atomic E-state index is -0.313. The van der Waals surface area contributed by atoms with Gasteiger partial charge in [0.1, 0.15) is 0 Å². The number of aromatic nitrogens is 3. The zero-order valence-corrected chi connectivity index (χ0v) is 19.2. The van der Waals surface area contributed by atoms with Crippen LogP contribution in [0.25, 0.3) is 5.69 Å². The van der Waals surface area contributed by atoms with Crippen molar-refractivity contribution in [2.24, 2.45) is 0 Å². The summed E-state index contributed by atoms with van der Waals surface area (Å²) < 4.78 is 2.09. The van der Waals surface area contributed by atoms with E-state index < -0.39 is 0 Å². The summed E-state index contributed by atoms with van der Waals surface area (Å²) in [5, 5.41) is 12.4. The fraction of sp³-hybridized carbons (Fsp3) is 0.375. The minimum absolute atomic E-state index is 0.0411. The van der Waals surface area contributed by atoms with E-state index in [0.717, 1.165) is 47.6 Å². The van der Waals surface area contributed by atoms with E-state index in [9.17, 15) is 4.79 Å². The Balaban J connectivity index is 1.54. The number of benzene rings is 2. The predicted molar refractivity (Wildman–Crippen MR) is 126 cm³/mol. The molecule has 162 valence electrons. The fourth-order valence-corrected chi connectivity index (χ4v) is 4.74. The molecule has 7 heteroatoms. The average molecular weight is 436 g/mol. The number of amides is 1. The van der Waals surface area contributed by atoms with E-state index in [1.807, 2.05) is 51.1 Å². The fourth-order valence-electron chi connectivity index (χ4n) is 3.86. The van der Waals surface area contributed by atoms with Crippen molar-refractivity contribution in [1.29, 1.82) is 0 Å². The number of carbonyl (C=O) groups is 1. The second-order valence-electron chi connectivity index (χ2n) is 8.12. The van der Waals surface area contributed by atoms with E-state index in [0.29, 0.717) is 0 Å². The Kier molecular flexibility index (Phi) is 6.73. The number of nitrogens with one attached hydrogen (secondary N) is 1. The Morgan fingerprint density at radius 1 is 1.10 bits per heavy atom. The molecule has 31 heavy (non-hydrogen) atoms. The molecule has 1 aromatic heterocycles. The van der Waals surface area contributed by atoms with Crippen molar-refractivity contribution in [1.82, 2.24) is 19.7 Å². The molecule has 2 heterocycles. The third-order valence-electron chi connectivity index (χ3n) is 5.57. The zero-order chi connectivity index (χ0) is 21.8. The monoisotopic (exact) mass is 435 g/mol. The van der Waals surface area contributed by atoms with Crippen LogP contribution in [0.5, 0.6) is 0 Å². The quantitative estimate of drug-likeness (QED) is 0.550. The molecule has 1 fully saturated rings. The predicted octanol–water partition coefficient (Wildman–Crippen LogP) is 4.60. The first-order valence-electron chi connectivity index (χ1n) is 10.8. The van der Waals surface area contributed by atoms with Crippen LogP contribution in [0.15, 0.2) is 53.7 Å². The molecule has 2 aromatic carbocycles. The molecule has 0 spiro atoms. The summed E-state index contributed by atoms with van der Waals surface area (Å²) in [4.78, 5) is 15.3. The topological polar surface area (TPSA) is 63.1 Å². The summed E-state index contributed by atoms with van der Waals surface area (Å²) in [6, 6.07) is 16.2. The number of carbonyl (C=O) groups excluding carboxylic acids is 1. The first-order chi connectivity index (χ1) is 15.0. The summed E-state index contributed by atoms with van der Waals surface area (Å²) in [5.41, 5.74) is 4.11. The summed E-state index contributed by atoms with van der Waals surface area (Å²) in [5.74, 6) is 0.873. The van der Waals surface area contributed by atoms with E-state index in [1.165, 1.54) is 30.2 Å². The highest BCUT2D eigenvalue weighted by atomic mass is 32.2. The standard InChI is InChI=1S/C24H29N5OS/c1-17-11-12-21(18(2)15-17)25-23(30)19(3)31-24-27-26-22(16-28-13-7-8-14-28)29(24)20-9-5-4-6-10-20/h4-6,9-12,15,19H,7-8,13-14,16H2,1-3H3,(H,25,30). The molecule has 0 radical (unpaired) electrons. The molecule has 0 bridgehead atoms. The smallest absolute Gasteiger partial charge is 0.237 e. The highest BCUT2D eigenvalue weighted by Gasteiger charge is 2.23. The highest BCUT2D eigenvalue weighted by molar-refractivity contribution is 8.00. The maximum atomic E-state index is 12.9. The molecule has 1 N–H and O–H groups in total. The lowest BCUT2D eigenvalue weighted by Gasteiger charge is -2.17. The van der Waals surface area contributed by atoms with Gasteiger partial charge in [0.15, 0.2) is 11.0 Å². The maximum Gasteiger partial charge on any atom is 0.237 e. The molecule has 1 unspecified atom stereocenters. The zero-order valence-electron chi connectivity index (χ0n) is 18.3. The number of likely N-dealkylation sites (tertiary alicyclic amines) is 1. The lowest BCUT2D eigenvalue weighted by molar-refractivity contribution is -0.115. The van der Waals surface area contributed by atoms with Gasteiger partial charge in [-0.15, -0.1) is 10.2 Å². The molecule has 0 aliphatic carbocycles. The third-order valence-corrected chi connectivity index (χ3v) is 6.61. The number of hydrogen-bond donors (Lipinski definition) is 1. The van der Waals surface area contributed by atoms with E-state index in [2.05, 4.69) is 43.2 Å². The van der Waals surface area contributed by atoms with Crippen molar-refractivity contribution in [3.8, 4) is 5.69 Å². The SMILES string of the molecule is Cc1ccc(NC(=O)C(C)Sc2nnc(CN3CCCC3)n2-c2ccccc2)c(C)c1. The van der Waals surface area contributed by atoms with Gasteiger partial charge in [0.2, 0.25) is 5.91 Å². The van der Waals surface area contributed by atoms with Gasteiger partial charge in [0.25, 0.3) is 0 Å². The van der Waals surface area contributed by atoms with E-state index in [-0.39, 0.29) is 11.2 Å². The van der Waals surface area contributed by atoms with Gasteiger partial charge < -0.3 is 5.32 Å². The summed E-state index contributed by atoms with van der Waals surface area (Å²) >= 11 is 1.44. The van der Waals surface area contributed by atoms with Crippen LogP contribution in [-0.4, -0.2) is 43.9 Å². The first kappa shape index (κ1) is 21.6. The van der Waals surface area contributed by atoms with Crippen molar-refractivity contribution in [3.63, 3.8) is 0 Å². The largest absolute Gasteiger partial charge is 0.325 e. The van der Waals surface area contributed by atoms with Crippen molar-refractivity contribution in [2.45, 2.75) is 50.6 Å². The molecule has 1 aliphatic rings. The van der Waals surface area contributed by atoms with Crippen molar-refractivity contribution >= 4 is 23.4 Å². The van der Waals surface area contributed by atoms with Gasteiger partial charge in [-0.2, -0.15) is 0 Å². The van der Waals surface area contributed by atoms with Crippen LogP contribution in [-0.2, 0) is 11.3 Å². The lowest BCUT2D eigenvalue weighted by atomic mass is 10.1. The van der Waals surface area contributed by atoms with Crippen LogP contribution in [0, 0.1) is 13.8 Å². The second-order valence-corrected chi connectivity index (χ2v) is 9.43. The van der Waals surface area contributed by atoms with Gasteiger partial charge in [-0.3, -0.25) is 14.3 Å². The molecule has 1 saturated heterocycles. The van der Waals surface area contributed by atoms with Gasteiger partial charge >= 0.3 is 0 Å². The number of hydrogen-bond acceptors (Lipinski definition) is 5. The first-order valence-corrected chi connectivity index (χ1v) is 11.7. The summed E-state index contributed by atoms with van der Waals surface area (Å²) in [6.45, 7) is 8.93. The molecule has 0 saturated carbocycles. The van der Waals surface area contributed by atoms with Gasteiger partial charge in [-0.1, -0.05) is 47.7 Å². The molecule has 6 nitrogen and oxygen atoms in total. The Morgan fingerprint density at radius 3 is 2.55 bits per heavy atom. The van der Waals surface area contributed by atoms with Gasteiger partial charge in [-0.05, 0) is 70.5 Å². The van der Waals surface area contributed by atoms with E-state index in [4.69, 9.17) is 0 Å². The number of para-hydroxylation sites is 1. The molecule has 1 amide bonds. The van der Waals surface area contributed by atoms with Crippen LogP contribution >= 0.6 is 11.8 Å². The second kappa shape index (κ2) is 9.66. The Morgan fingerprint density at radius 2 is 1.84 bits per heavy atom. The average Bonchev–Trinajstić information content (AvgIpc) is 3.41. The van der Waals surface area contributed by atoms with Gasteiger partial charge in [-0.25, -0.2) is 0 Å². The molecule has 1 atom stereocenters. The van der Waals surface area contributed by atoms with Crippen LogP contribution < -0.4 is 5.32 Å². The van der Waals surface area contributed by atoms with E-state index in [1.54, 1.807) is 0 Å². The Labute approximate surface area is 188 Å². The van der Waals surface area contributed by atoms with Crippen LogP contribution in [0.4, 0.5) is 5.69 Å². The molecular formula is C24H29N5OS. The normalized spacial score (nSPS) is 15.2. The molecule has 1 aliphatic heterocycles. The molecule has 4 rings (SSSR count). The summed E-state index contributed by atoms with van der Waals surface area (Å²) in [7, 11) is 0. The number of rotatable bonds is 7. The highest BCUT2D eigenvalue weighted by Crippen LogP contribution is 2.28. The van der Waals surface area contributed by atoms with Gasteiger partial charge in [0, 0.05) is 11.4 Å². The number of nitrogens with zero attached hydrogens (tertiary/aromatic N) is 4. The van der Waals surface area contributed by atoms with Crippen LogP contribution in [0.1, 0.15) is 36.7 Å². The lowest BCUT2D eigenvalue weighted by Crippen LogP contribution is -2.24. The van der Waals surface area contributed by atoms with Crippen molar-refractivity contribution < 1.29 is 4.79 Å². The number of thioether (sulfide) groups is 1. The van der Waals surface area contributed by atoms with Gasteiger partial charge in [0.05, 0.1) is 11.8 Å². The van der Waals surface area contributed by atoms with Crippen LogP contribution in [0.2, 0.25) is 0 Å². The molecule has 3 aromatic rings. The maximum absolute atomic E-state index is 12.9. The van der Waals surface area contributed by atoms with Crippen LogP contribution in [0.3, 0.4) is 0 Å². The Bertz CT molecular complexity index is 1040.